The summed E-state index contributed by atoms with van der Waals surface area (Å²) in [6.07, 6.45) is 11.2. The zero-order valence-electron chi connectivity index (χ0n) is 25.3. The third-order valence-corrected chi connectivity index (χ3v) is 16.6. The van der Waals surface area contributed by atoms with Crippen LogP contribution in [-0.2, 0) is 20.6 Å². The monoisotopic (exact) mass is 536 g/mol. The summed E-state index contributed by atoms with van der Waals surface area (Å²) in [6, 6.07) is 10.4. The minimum Gasteiger partial charge on any atom is -0.414 e. The Bertz CT molecular complexity index is 1060. The van der Waals surface area contributed by atoms with Crippen molar-refractivity contribution in [1.82, 2.24) is 0 Å². The number of hydrogen-bond donors (Lipinski definition) is 0. The number of benzene rings is 1. The average Bonchev–Trinajstić information content (AvgIpc) is 3.15. The summed E-state index contributed by atoms with van der Waals surface area (Å²) in [5, 5.41) is 0.252. The molecule has 0 bridgehead atoms. The topological polar surface area (TPSA) is 35.5 Å². The van der Waals surface area contributed by atoms with Crippen molar-refractivity contribution in [1.29, 1.82) is 0 Å². The van der Waals surface area contributed by atoms with Gasteiger partial charge < -0.3 is 9.16 Å². The maximum absolute atomic E-state index is 13.1. The number of Topliss-reactive ketones (excluding diaryl/α,β-unsaturated/α-hetero) is 1. The normalized spacial score (nSPS) is 39.1. The van der Waals surface area contributed by atoms with Crippen LogP contribution in [-0.4, -0.2) is 26.3 Å². The van der Waals surface area contributed by atoms with Crippen LogP contribution in [0.2, 0.25) is 18.1 Å². The molecule has 0 amide bonds. The molecule has 3 fully saturated rings. The minimum absolute atomic E-state index is 0.0177. The Morgan fingerprint density at radius 1 is 1.05 bits per heavy atom. The van der Waals surface area contributed by atoms with Gasteiger partial charge in [0.2, 0.25) is 0 Å². The molecular weight excluding hydrogens is 484 g/mol. The van der Waals surface area contributed by atoms with Crippen LogP contribution in [0.15, 0.2) is 42.0 Å². The number of ether oxygens (including phenoxy) is 1. The standard InChI is InChI=1S/C34H52O3Si/c1-23(35)31-30(36-22-24-12-10-9-11-13-24)21-29-27-15-14-25-20-26(37-38(7,8)32(2,3)4)16-18-33(25,5)28(27)17-19-34(29,31)6/h9-14,26-31H,15-22H2,1-8H3/t26-,27+,28-,29-,30+,31-,33-,34-/m0/s1. The first-order valence-corrected chi connectivity index (χ1v) is 18.2. The maximum Gasteiger partial charge on any atom is 0.192 e. The molecule has 0 spiro atoms. The van der Waals surface area contributed by atoms with E-state index >= 15 is 0 Å². The van der Waals surface area contributed by atoms with E-state index in [0.29, 0.717) is 30.3 Å². The summed E-state index contributed by atoms with van der Waals surface area (Å²) in [6.45, 7) is 19.3. The molecule has 4 aliphatic carbocycles. The predicted molar refractivity (Wildman–Crippen MR) is 158 cm³/mol. The summed E-state index contributed by atoms with van der Waals surface area (Å²) in [7, 11) is -1.77. The number of allylic oxidation sites excluding steroid dienone is 1. The smallest absolute Gasteiger partial charge is 0.192 e. The van der Waals surface area contributed by atoms with Crippen LogP contribution in [0.3, 0.4) is 0 Å². The zero-order valence-corrected chi connectivity index (χ0v) is 26.3. The largest absolute Gasteiger partial charge is 0.414 e. The van der Waals surface area contributed by atoms with Crippen LogP contribution in [0.1, 0.15) is 92.1 Å². The van der Waals surface area contributed by atoms with Gasteiger partial charge in [-0.1, -0.05) is 76.6 Å². The number of rotatable bonds is 6. The molecule has 210 valence electrons. The van der Waals surface area contributed by atoms with E-state index in [0.717, 1.165) is 25.2 Å². The Labute approximate surface area is 233 Å². The molecule has 0 aliphatic heterocycles. The van der Waals surface area contributed by atoms with Crippen molar-refractivity contribution < 1.29 is 14.0 Å². The molecular formula is C34H52O3Si. The minimum atomic E-state index is -1.77. The summed E-state index contributed by atoms with van der Waals surface area (Å²) >= 11 is 0. The van der Waals surface area contributed by atoms with Gasteiger partial charge in [-0.05, 0) is 104 Å². The first-order chi connectivity index (χ1) is 17.8. The van der Waals surface area contributed by atoms with Crippen molar-refractivity contribution in [3.8, 4) is 0 Å². The van der Waals surface area contributed by atoms with Gasteiger partial charge in [0.1, 0.15) is 5.78 Å². The lowest BCUT2D eigenvalue weighted by Gasteiger charge is -2.58. The first kappa shape index (κ1) is 28.3. The van der Waals surface area contributed by atoms with Gasteiger partial charge in [-0.2, -0.15) is 0 Å². The van der Waals surface area contributed by atoms with Gasteiger partial charge in [0, 0.05) is 12.0 Å². The Hall–Kier alpha value is -1.23. The molecule has 4 aliphatic rings. The van der Waals surface area contributed by atoms with Gasteiger partial charge in [-0.3, -0.25) is 4.79 Å². The number of carbonyl (C=O) groups is 1. The summed E-state index contributed by atoms with van der Waals surface area (Å²) < 4.78 is 13.5. The Kier molecular flexibility index (Phi) is 7.44. The number of hydrogen-bond acceptors (Lipinski definition) is 3. The SMILES string of the molecule is CC(=O)[C@H]1[C@H](OCc2ccccc2)C[C@H]2[C@@H]3CC=C4C[C@@H](O[Si](C)(C)C(C)(C)C)CC[C@]4(C)[C@H]3CC[C@@]21C. The number of fused-ring (bicyclic) bond motifs is 5. The molecule has 0 radical (unpaired) electrons. The molecule has 0 heterocycles. The molecule has 5 rings (SSSR count). The fraction of sp³-hybridized carbons (Fsp3) is 0.735. The second kappa shape index (κ2) is 10.00. The molecule has 8 atom stereocenters. The van der Waals surface area contributed by atoms with Gasteiger partial charge in [-0.15, -0.1) is 0 Å². The molecule has 38 heavy (non-hydrogen) atoms. The fourth-order valence-corrected chi connectivity index (χ4v) is 10.4. The van der Waals surface area contributed by atoms with Crippen molar-refractivity contribution in [3.63, 3.8) is 0 Å². The fourth-order valence-electron chi connectivity index (χ4n) is 8.98. The molecule has 0 saturated heterocycles. The Morgan fingerprint density at radius 2 is 1.76 bits per heavy atom. The van der Waals surface area contributed by atoms with Crippen molar-refractivity contribution in [2.24, 2.45) is 34.5 Å². The third kappa shape index (κ3) is 4.81. The van der Waals surface area contributed by atoms with Gasteiger partial charge in [0.25, 0.3) is 0 Å². The second-order valence-electron chi connectivity index (χ2n) is 15.2. The third-order valence-electron chi connectivity index (χ3n) is 12.1. The van der Waals surface area contributed by atoms with Crippen molar-refractivity contribution >= 4 is 14.1 Å². The highest BCUT2D eigenvalue weighted by Crippen LogP contribution is 2.67. The Balaban J connectivity index is 1.34. The van der Waals surface area contributed by atoms with E-state index in [1.807, 2.05) is 13.0 Å². The van der Waals surface area contributed by atoms with E-state index in [2.05, 4.69) is 78.1 Å². The van der Waals surface area contributed by atoms with Crippen LogP contribution >= 0.6 is 0 Å². The second-order valence-corrected chi connectivity index (χ2v) is 20.0. The quantitative estimate of drug-likeness (QED) is 0.269. The van der Waals surface area contributed by atoms with Crippen LogP contribution < -0.4 is 0 Å². The molecule has 0 aromatic heterocycles. The molecule has 4 heteroatoms. The van der Waals surface area contributed by atoms with E-state index in [1.165, 1.54) is 31.2 Å². The van der Waals surface area contributed by atoms with Gasteiger partial charge >= 0.3 is 0 Å². The van der Waals surface area contributed by atoms with Crippen molar-refractivity contribution in [2.75, 3.05) is 0 Å². The van der Waals surface area contributed by atoms with E-state index in [4.69, 9.17) is 9.16 Å². The summed E-state index contributed by atoms with van der Waals surface area (Å²) in [4.78, 5) is 13.1. The average molecular weight is 537 g/mol. The predicted octanol–water partition coefficient (Wildman–Crippen LogP) is 8.74. The van der Waals surface area contributed by atoms with Crippen LogP contribution in [0, 0.1) is 34.5 Å². The summed E-state index contributed by atoms with van der Waals surface area (Å²) in [5.74, 6) is 2.28. The van der Waals surface area contributed by atoms with Crippen LogP contribution in [0.25, 0.3) is 0 Å². The lowest BCUT2D eigenvalue weighted by Crippen LogP contribution is -2.52. The van der Waals surface area contributed by atoms with Crippen molar-refractivity contribution in [3.05, 3.63) is 47.5 Å². The molecule has 1 aromatic rings. The van der Waals surface area contributed by atoms with Gasteiger partial charge in [0.05, 0.1) is 12.7 Å². The lowest BCUT2D eigenvalue weighted by molar-refractivity contribution is -0.132. The highest BCUT2D eigenvalue weighted by atomic mass is 28.4. The van der Waals surface area contributed by atoms with E-state index < -0.39 is 8.32 Å². The number of carbonyl (C=O) groups excluding carboxylic acids is 1. The first-order valence-electron chi connectivity index (χ1n) is 15.3. The lowest BCUT2D eigenvalue weighted by atomic mass is 9.47. The Morgan fingerprint density at radius 3 is 2.42 bits per heavy atom. The molecule has 3 nitrogen and oxygen atoms in total. The van der Waals surface area contributed by atoms with Gasteiger partial charge in [0.15, 0.2) is 8.32 Å². The molecule has 0 unspecified atom stereocenters. The van der Waals surface area contributed by atoms with Crippen LogP contribution in [0.4, 0.5) is 0 Å². The molecule has 3 saturated carbocycles. The molecule has 1 aromatic carbocycles. The maximum atomic E-state index is 13.1. The van der Waals surface area contributed by atoms with Crippen LogP contribution in [0.5, 0.6) is 0 Å². The highest BCUT2D eigenvalue weighted by Gasteiger charge is 2.62. The van der Waals surface area contributed by atoms with Gasteiger partial charge in [-0.25, -0.2) is 0 Å². The number of ketones is 1. The molecule has 0 N–H and O–H groups in total. The highest BCUT2D eigenvalue weighted by molar-refractivity contribution is 6.74. The van der Waals surface area contributed by atoms with E-state index in [-0.39, 0.29) is 27.9 Å². The summed E-state index contributed by atoms with van der Waals surface area (Å²) in [5.41, 5.74) is 3.21. The van der Waals surface area contributed by atoms with E-state index in [1.54, 1.807) is 5.57 Å². The van der Waals surface area contributed by atoms with Crippen molar-refractivity contribution in [2.45, 2.75) is 123 Å². The van der Waals surface area contributed by atoms with E-state index in [9.17, 15) is 4.79 Å². The zero-order chi connectivity index (χ0) is 27.5.